The predicted molar refractivity (Wildman–Crippen MR) is 83.5 cm³/mol. The lowest BCUT2D eigenvalue weighted by Gasteiger charge is -2.18. The minimum atomic E-state index is -1.17. The number of halogens is 2. The largest absolute Gasteiger partial charge is 0.480 e. The third-order valence-corrected chi connectivity index (χ3v) is 4.50. The summed E-state index contributed by atoms with van der Waals surface area (Å²) >= 11 is 11.8. The van der Waals surface area contributed by atoms with Gasteiger partial charge in [0.25, 0.3) is 5.91 Å². The average molecular weight is 346 g/mol. The van der Waals surface area contributed by atoms with Crippen molar-refractivity contribution in [1.29, 1.82) is 0 Å². The van der Waals surface area contributed by atoms with Gasteiger partial charge in [-0.25, -0.2) is 9.18 Å². The van der Waals surface area contributed by atoms with Gasteiger partial charge in [0.1, 0.15) is 16.2 Å². The number of carboxylic acid groups (broad SMARTS) is 1. The number of benzene rings is 1. The zero-order valence-corrected chi connectivity index (χ0v) is 13.1. The fraction of sp³-hybridized carbons (Fsp3) is 0.154. The van der Waals surface area contributed by atoms with Gasteiger partial charge >= 0.3 is 5.97 Å². The summed E-state index contributed by atoms with van der Waals surface area (Å²) in [5, 5.41) is 9.14. The number of thiocarbonyl (C=S) groups is 1. The van der Waals surface area contributed by atoms with Crippen molar-refractivity contribution in [2.24, 2.45) is 0 Å². The molecule has 1 aromatic rings. The molecule has 0 spiro atoms. The molecule has 21 heavy (non-hydrogen) atoms. The van der Waals surface area contributed by atoms with Crippen LogP contribution in [0.2, 0.25) is 5.02 Å². The third-order valence-electron chi connectivity index (χ3n) is 2.84. The van der Waals surface area contributed by atoms with Gasteiger partial charge in [-0.15, -0.1) is 0 Å². The molecule has 0 saturated carbocycles. The number of hydrogen-bond acceptors (Lipinski definition) is 4. The zero-order valence-electron chi connectivity index (χ0n) is 10.7. The molecule has 8 heteroatoms. The van der Waals surface area contributed by atoms with E-state index in [1.54, 1.807) is 0 Å². The number of aliphatic carboxylic acids is 1. The molecule has 0 bridgehead atoms. The first kappa shape index (κ1) is 15.9. The van der Waals surface area contributed by atoms with Crippen molar-refractivity contribution in [1.82, 2.24) is 4.90 Å². The van der Waals surface area contributed by atoms with E-state index in [1.807, 2.05) is 0 Å². The van der Waals surface area contributed by atoms with E-state index in [0.29, 0.717) is 0 Å². The number of carbonyl (C=O) groups excluding carboxylic acids is 1. The maximum absolute atomic E-state index is 13.7. The number of hydrogen-bond donors (Lipinski definition) is 1. The summed E-state index contributed by atoms with van der Waals surface area (Å²) in [6.45, 7) is 1.35. The molecule has 0 aliphatic carbocycles. The molecule has 2 rings (SSSR count). The second kappa shape index (κ2) is 6.13. The van der Waals surface area contributed by atoms with Crippen molar-refractivity contribution in [2.45, 2.75) is 13.0 Å². The monoisotopic (exact) mass is 345 g/mol. The highest BCUT2D eigenvalue weighted by Crippen LogP contribution is 2.35. The van der Waals surface area contributed by atoms with E-state index in [2.05, 4.69) is 0 Å². The highest BCUT2D eigenvalue weighted by molar-refractivity contribution is 8.26. The standard InChI is InChI=1S/C13H9ClFNO3S2/c1-6(12(18)19)16-11(17)10(21-13(16)20)5-7-8(14)3-2-4-9(7)15/h2-6H,1H3,(H,18,19)/t6-/m1/s1. The van der Waals surface area contributed by atoms with Gasteiger partial charge in [-0.05, 0) is 25.1 Å². The Morgan fingerprint density at radius 2 is 2.24 bits per heavy atom. The summed E-state index contributed by atoms with van der Waals surface area (Å²) in [7, 11) is 0. The highest BCUT2D eigenvalue weighted by atomic mass is 35.5. The smallest absolute Gasteiger partial charge is 0.326 e. The molecule has 0 radical (unpaired) electrons. The fourth-order valence-electron chi connectivity index (χ4n) is 1.70. The van der Waals surface area contributed by atoms with E-state index in [4.69, 9.17) is 28.9 Å². The summed E-state index contributed by atoms with van der Waals surface area (Å²) in [5.74, 6) is -2.31. The Hall–Kier alpha value is -1.44. The highest BCUT2D eigenvalue weighted by Gasteiger charge is 2.38. The van der Waals surface area contributed by atoms with Crippen LogP contribution in [0.5, 0.6) is 0 Å². The molecule has 1 heterocycles. The van der Waals surface area contributed by atoms with Gasteiger partial charge in [0, 0.05) is 5.56 Å². The molecule has 1 amide bonds. The third kappa shape index (κ3) is 3.09. The van der Waals surface area contributed by atoms with Crippen LogP contribution in [0.15, 0.2) is 23.1 Å². The lowest BCUT2D eigenvalue weighted by atomic mass is 10.2. The van der Waals surface area contributed by atoms with Gasteiger partial charge in [-0.2, -0.15) is 0 Å². The van der Waals surface area contributed by atoms with E-state index in [9.17, 15) is 14.0 Å². The Labute approximate surface area is 134 Å². The van der Waals surface area contributed by atoms with E-state index in [-0.39, 0.29) is 19.8 Å². The van der Waals surface area contributed by atoms with Crippen LogP contribution in [-0.2, 0) is 9.59 Å². The summed E-state index contributed by atoms with van der Waals surface area (Å²) < 4.78 is 13.8. The molecule has 1 aliphatic rings. The van der Waals surface area contributed by atoms with Crippen molar-refractivity contribution in [3.05, 3.63) is 39.5 Å². The normalized spacial score (nSPS) is 18.4. The maximum atomic E-state index is 13.7. The van der Waals surface area contributed by atoms with Gasteiger partial charge in [0.05, 0.1) is 9.93 Å². The Kier molecular flexibility index (Phi) is 4.65. The number of carboxylic acids is 1. The number of thioether (sulfide) groups is 1. The SMILES string of the molecule is C[C@H](C(=O)O)N1C(=O)C(=Cc2c(F)cccc2Cl)SC1=S. The van der Waals surface area contributed by atoms with Gasteiger partial charge < -0.3 is 5.11 Å². The van der Waals surface area contributed by atoms with E-state index in [1.165, 1.54) is 31.2 Å². The molecular weight excluding hydrogens is 337 g/mol. The first-order chi connectivity index (χ1) is 9.82. The topological polar surface area (TPSA) is 57.6 Å². The van der Waals surface area contributed by atoms with E-state index in [0.717, 1.165) is 16.7 Å². The minimum absolute atomic E-state index is 0.0719. The minimum Gasteiger partial charge on any atom is -0.480 e. The number of nitrogens with zero attached hydrogens (tertiary/aromatic N) is 1. The van der Waals surface area contributed by atoms with Crippen LogP contribution >= 0.6 is 35.6 Å². The lowest BCUT2D eigenvalue weighted by Crippen LogP contribution is -2.41. The van der Waals surface area contributed by atoms with Crippen LogP contribution in [0.4, 0.5) is 4.39 Å². The average Bonchev–Trinajstić information content (AvgIpc) is 2.68. The Morgan fingerprint density at radius 1 is 1.57 bits per heavy atom. The molecule has 1 fully saturated rings. The molecule has 4 nitrogen and oxygen atoms in total. The number of carbonyl (C=O) groups is 2. The van der Waals surface area contributed by atoms with Crippen molar-refractivity contribution >= 4 is 57.9 Å². The molecule has 0 unspecified atom stereocenters. The van der Waals surface area contributed by atoms with Crippen molar-refractivity contribution < 1.29 is 19.1 Å². The van der Waals surface area contributed by atoms with E-state index < -0.39 is 23.7 Å². The fourth-order valence-corrected chi connectivity index (χ4v) is 3.32. The molecule has 1 atom stereocenters. The van der Waals surface area contributed by atoms with Crippen LogP contribution in [0, 0.1) is 5.82 Å². The number of amides is 1. The Balaban J connectivity index is 2.39. The second-order valence-corrected chi connectivity index (χ2v) is 6.28. The predicted octanol–water partition coefficient (Wildman–Crippen LogP) is 3.15. The van der Waals surface area contributed by atoms with Gasteiger partial charge in [0.2, 0.25) is 0 Å². The first-order valence-corrected chi connectivity index (χ1v) is 7.37. The van der Waals surface area contributed by atoms with Gasteiger partial charge in [0.15, 0.2) is 0 Å². The molecule has 1 N–H and O–H groups in total. The molecule has 1 aliphatic heterocycles. The van der Waals surface area contributed by atoms with Gasteiger partial charge in [-0.1, -0.05) is 41.6 Å². The van der Waals surface area contributed by atoms with Crippen molar-refractivity contribution in [3.8, 4) is 0 Å². The summed E-state index contributed by atoms with van der Waals surface area (Å²) in [5.41, 5.74) is 0.0719. The number of rotatable bonds is 3. The first-order valence-electron chi connectivity index (χ1n) is 5.76. The van der Waals surface area contributed by atoms with Crippen LogP contribution in [-0.4, -0.2) is 32.2 Å². The zero-order chi connectivity index (χ0) is 15.7. The molecule has 1 aromatic carbocycles. The van der Waals surface area contributed by atoms with Crippen LogP contribution in [0.1, 0.15) is 12.5 Å². The molecule has 0 aromatic heterocycles. The van der Waals surface area contributed by atoms with Gasteiger partial charge in [-0.3, -0.25) is 9.69 Å². The second-order valence-electron chi connectivity index (χ2n) is 4.20. The van der Waals surface area contributed by atoms with Crippen molar-refractivity contribution in [2.75, 3.05) is 0 Å². The maximum Gasteiger partial charge on any atom is 0.326 e. The molecular formula is C13H9ClFNO3S2. The lowest BCUT2D eigenvalue weighted by molar-refractivity contribution is -0.144. The Morgan fingerprint density at radius 3 is 2.81 bits per heavy atom. The van der Waals surface area contributed by atoms with Crippen LogP contribution in [0.3, 0.4) is 0 Å². The summed E-state index contributed by atoms with van der Waals surface area (Å²) in [6.07, 6.45) is 1.28. The quantitative estimate of drug-likeness (QED) is 0.673. The molecule has 110 valence electrons. The summed E-state index contributed by atoms with van der Waals surface area (Å²) in [6, 6.07) is 3.08. The van der Waals surface area contributed by atoms with E-state index >= 15 is 0 Å². The summed E-state index contributed by atoms with van der Waals surface area (Å²) in [4.78, 5) is 24.3. The van der Waals surface area contributed by atoms with Crippen LogP contribution < -0.4 is 0 Å². The molecule has 1 saturated heterocycles. The Bertz CT molecular complexity index is 657. The van der Waals surface area contributed by atoms with Crippen molar-refractivity contribution in [3.63, 3.8) is 0 Å². The van der Waals surface area contributed by atoms with Crippen LogP contribution in [0.25, 0.3) is 6.08 Å².